The number of fused-ring (bicyclic) bond motifs is 5. The molecule has 5 atom stereocenters. The standard InChI is InChI=1S/C16H28N2O/c1-16(2,15(19)17-3)9-18-14-8-10-7-13(14)12-6-4-5-11(10)12/h10-14,18H,4-9H2,1-3H3,(H,17,19)/t10-,11-,12+,13+,14-/m1/s1. The SMILES string of the molecule is CNC(=O)C(C)(C)CN[C@@H]1C[C@H]2C[C@H]1[C@H]1CCC[C@H]21. The highest BCUT2D eigenvalue weighted by atomic mass is 16.2. The summed E-state index contributed by atoms with van der Waals surface area (Å²) < 4.78 is 0. The maximum Gasteiger partial charge on any atom is 0.226 e. The zero-order valence-corrected chi connectivity index (χ0v) is 12.5. The number of carbonyl (C=O) groups is 1. The molecule has 0 saturated heterocycles. The van der Waals surface area contributed by atoms with E-state index in [1.807, 2.05) is 13.8 Å². The molecule has 0 aromatic rings. The average molecular weight is 264 g/mol. The van der Waals surface area contributed by atoms with E-state index in [2.05, 4.69) is 10.6 Å². The number of carbonyl (C=O) groups excluding carboxylic acids is 1. The maximum absolute atomic E-state index is 11.8. The molecule has 19 heavy (non-hydrogen) atoms. The quantitative estimate of drug-likeness (QED) is 0.817. The normalized spacial score (nSPS) is 40.5. The average Bonchev–Trinajstić information content (AvgIpc) is 3.06. The van der Waals surface area contributed by atoms with E-state index in [0.717, 1.165) is 30.2 Å². The Morgan fingerprint density at radius 2 is 1.89 bits per heavy atom. The molecule has 0 radical (unpaired) electrons. The Morgan fingerprint density at radius 1 is 1.16 bits per heavy atom. The third kappa shape index (κ3) is 2.20. The topological polar surface area (TPSA) is 41.1 Å². The van der Waals surface area contributed by atoms with E-state index in [1.54, 1.807) is 7.05 Å². The van der Waals surface area contributed by atoms with Crippen molar-refractivity contribution in [2.45, 2.75) is 52.0 Å². The smallest absolute Gasteiger partial charge is 0.226 e. The van der Waals surface area contributed by atoms with Crippen molar-refractivity contribution >= 4 is 5.91 Å². The molecule has 3 aliphatic rings. The molecule has 0 aromatic carbocycles. The second-order valence-corrected chi connectivity index (χ2v) is 7.60. The van der Waals surface area contributed by atoms with Crippen molar-refractivity contribution in [1.29, 1.82) is 0 Å². The molecule has 3 nitrogen and oxygen atoms in total. The fraction of sp³-hybridized carbons (Fsp3) is 0.938. The fourth-order valence-electron chi connectivity index (χ4n) is 5.11. The van der Waals surface area contributed by atoms with Gasteiger partial charge in [-0.3, -0.25) is 4.79 Å². The zero-order valence-electron chi connectivity index (χ0n) is 12.5. The number of hydrogen-bond acceptors (Lipinski definition) is 2. The van der Waals surface area contributed by atoms with Crippen LogP contribution in [0.3, 0.4) is 0 Å². The van der Waals surface area contributed by atoms with Crippen LogP contribution in [0.15, 0.2) is 0 Å². The Bertz CT molecular complexity index is 366. The highest BCUT2D eigenvalue weighted by Crippen LogP contribution is 2.58. The van der Waals surface area contributed by atoms with Gasteiger partial charge >= 0.3 is 0 Å². The van der Waals surface area contributed by atoms with Crippen LogP contribution in [0.2, 0.25) is 0 Å². The Kier molecular flexibility index (Phi) is 3.36. The predicted octanol–water partition coefficient (Wildman–Crippen LogP) is 2.17. The summed E-state index contributed by atoms with van der Waals surface area (Å²) in [6.07, 6.45) is 7.22. The molecule has 0 spiro atoms. The van der Waals surface area contributed by atoms with Crippen molar-refractivity contribution < 1.29 is 4.79 Å². The van der Waals surface area contributed by atoms with Gasteiger partial charge in [0.05, 0.1) is 5.41 Å². The first-order valence-electron chi connectivity index (χ1n) is 7.98. The lowest BCUT2D eigenvalue weighted by molar-refractivity contribution is -0.128. The molecular weight excluding hydrogens is 236 g/mol. The summed E-state index contributed by atoms with van der Waals surface area (Å²) in [6, 6.07) is 0.674. The molecule has 2 N–H and O–H groups in total. The zero-order chi connectivity index (χ0) is 13.6. The van der Waals surface area contributed by atoms with Crippen LogP contribution < -0.4 is 10.6 Å². The molecule has 0 aliphatic heterocycles. The fourth-order valence-corrected chi connectivity index (χ4v) is 5.11. The van der Waals surface area contributed by atoms with Gasteiger partial charge in [-0.2, -0.15) is 0 Å². The Hall–Kier alpha value is -0.570. The summed E-state index contributed by atoms with van der Waals surface area (Å²) in [5.74, 6) is 4.08. The van der Waals surface area contributed by atoms with Crippen LogP contribution in [0.5, 0.6) is 0 Å². The minimum Gasteiger partial charge on any atom is -0.359 e. The molecule has 2 bridgehead atoms. The largest absolute Gasteiger partial charge is 0.359 e. The van der Waals surface area contributed by atoms with Gasteiger partial charge in [-0.1, -0.05) is 6.42 Å². The van der Waals surface area contributed by atoms with Gasteiger partial charge in [0.2, 0.25) is 5.91 Å². The van der Waals surface area contributed by atoms with E-state index in [0.29, 0.717) is 6.04 Å². The van der Waals surface area contributed by atoms with Gasteiger partial charge < -0.3 is 10.6 Å². The molecule has 1 amide bonds. The number of nitrogens with one attached hydrogen (secondary N) is 2. The van der Waals surface area contributed by atoms with Gasteiger partial charge in [0, 0.05) is 19.6 Å². The molecule has 0 aromatic heterocycles. The third-order valence-corrected chi connectivity index (χ3v) is 6.08. The minimum absolute atomic E-state index is 0.141. The van der Waals surface area contributed by atoms with Crippen LogP contribution in [0, 0.1) is 29.1 Å². The van der Waals surface area contributed by atoms with E-state index in [4.69, 9.17) is 0 Å². The van der Waals surface area contributed by atoms with Crippen molar-refractivity contribution in [2.75, 3.05) is 13.6 Å². The van der Waals surface area contributed by atoms with Gasteiger partial charge in [-0.15, -0.1) is 0 Å². The summed E-state index contributed by atoms with van der Waals surface area (Å²) in [6.45, 7) is 4.87. The Labute approximate surface area is 116 Å². The summed E-state index contributed by atoms with van der Waals surface area (Å²) in [4.78, 5) is 11.8. The number of rotatable bonds is 4. The van der Waals surface area contributed by atoms with Crippen molar-refractivity contribution in [1.82, 2.24) is 10.6 Å². The monoisotopic (exact) mass is 264 g/mol. The lowest BCUT2D eigenvalue weighted by Gasteiger charge is -2.34. The number of hydrogen-bond donors (Lipinski definition) is 2. The van der Waals surface area contributed by atoms with Crippen LogP contribution in [0.1, 0.15) is 46.0 Å². The molecule has 3 heteroatoms. The van der Waals surface area contributed by atoms with Crippen LogP contribution in [0.4, 0.5) is 0 Å². The minimum atomic E-state index is -0.300. The Morgan fingerprint density at radius 3 is 2.63 bits per heavy atom. The summed E-state index contributed by atoms with van der Waals surface area (Å²) in [7, 11) is 1.73. The molecule has 3 fully saturated rings. The van der Waals surface area contributed by atoms with Gasteiger partial charge in [0.25, 0.3) is 0 Å². The first-order chi connectivity index (χ1) is 9.03. The predicted molar refractivity (Wildman–Crippen MR) is 76.7 cm³/mol. The Balaban J connectivity index is 1.56. The lowest BCUT2D eigenvalue weighted by Crippen LogP contribution is -2.47. The second kappa shape index (κ2) is 4.76. The molecular formula is C16H28N2O. The van der Waals surface area contributed by atoms with E-state index < -0.39 is 0 Å². The van der Waals surface area contributed by atoms with Crippen molar-refractivity contribution in [3.8, 4) is 0 Å². The van der Waals surface area contributed by atoms with Crippen molar-refractivity contribution in [3.63, 3.8) is 0 Å². The second-order valence-electron chi connectivity index (χ2n) is 7.60. The molecule has 0 heterocycles. The molecule has 3 rings (SSSR count). The molecule has 0 unspecified atom stereocenters. The summed E-state index contributed by atoms with van der Waals surface area (Å²) in [5, 5.41) is 6.49. The molecule has 3 aliphatic carbocycles. The lowest BCUT2D eigenvalue weighted by atomic mass is 9.78. The van der Waals surface area contributed by atoms with Crippen LogP contribution in [-0.2, 0) is 4.79 Å². The molecule has 3 saturated carbocycles. The summed E-state index contributed by atoms with van der Waals surface area (Å²) in [5.41, 5.74) is -0.300. The van der Waals surface area contributed by atoms with E-state index in [1.165, 1.54) is 32.1 Å². The van der Waals surface area contributed by atoms with E-state index >= 15 is 0 Å². The first kappa shape index (κ1) is 13.4. The van der Waals surface area contributed by atoms with E-state index in [-0.39, 0.29) is 11.3 Å². The van der Waals surface area contributed by atoms with Crippen molar-refractivity contribution in [3.05, 3.63) is 0 Å². The van der Waals surface area contributed by atoms with E-state index in [9.17, 15) is 4.79 Å². The maximum atomic E-state index is 11.8. The van der Waals surface area contributed by atoms with Crippen molar-refractivity contribution in [2.24, 2.45) is 29.1 Å². The van der Waals surface area contributed by atoms with Crippen LogP contribution in [-0.4, -0.2) is 25.5 Å². The van der Waals surface area contributed by atoms with Gasteiger partial charge in [0.1, 0.15) is 0 Å². The summed E-state index contributed by atoms with van der Waals surface area (Å²) >= 11 is 0. The van der Waals surface area contributed by atoms with Crippen LogP contribution >= 0.6 is 0 Å². The molecule has 108 valence electrons. The van der Waals surface area contributed by atoms with Gasteiger partial charge in [-0.25, -0.2) is 0 Å². The highest BCUT2D eigenvalue weighted by Gasteiger charge is 2.53. The third-order valence-electron chi connectivity index (χ3n) is 6.08. The number of amides is 1. The van der Waals surface area contributed by atoms with Gasteiger partial charge in [0.15, 0.2) is 0 Å². The van der Waals surface area contributed by atoms with Crippen LogP contribution in [0.25, 0.3) is 0 Å². The first-order valence-corrected chi connectivity index (χ1v) is 7.98. The highest BCUT2D eigenvalue weighted by molar-refractivity contribution is 5.81. The van der Waals surface area contributed by atoms with Gasteiger partial charge in [-0.05, 0) is 63.2 Å².